The fourth-order valence-electron chi connectivity index (χ4n) is 6.34. The van der Waals surface area contributed by atoms with E-state index in [9.17, 15) is 14.7 Å². The van der Waals surface area contributed by atoms with Crippen molar-refractivity contribution in [1.82, 2.24) is 14.7 Å². The number of nitriles is 1. The maximum absolute atomic E-state index is 13.5. The summed E-state index contributed by atoms with van der Waals surface area (Å²) in [6.45, 7) is 4.88. The molecule has 34 heavy (non-hydrogen) atoms. The van der Waals surface area contributed by atoms with Gasteiger partial charge in [-0.3, -0.25) is 4.79 Å². The average Bonchev–Trinajstić information content (AvgIpc) is 3.19. The molecule has 8 nitrogen and oxygen atoms in total. The van der Waals surface area contributed by atoms with E-state index in [1.165, 1.54) is 0 Å². The fourth-order valence-corrected chi connectivity index (χ4v) is 6.34. The molecule has 1 N–H and O–H groups in total. The third kappa shape index (κ3) is 4.34. The smallest absolute Gasteiger partial charge is 0.320 e. The Morgan fingerprint density at radius 1 is 0.941 bits per heavy atom. The first-order valence-electron chi connectivity index (χ1n) is 12.8. The second-order valence-corrected chi connectivity index (χ2v) is 10.4. The minimum Gasteiger partial charge on any atom is -0.393 e. The van der Waals surface area contributed by atoms with Crippen LogP contribution in [0.2, 0.25) is 0 Å². The van der Waals surface area contributed by atoms with Gasteiger partial charge in [-0.15, -0.1) is 0 Å². The molecule has 1 aromatic carbocycles. The number of piperidine rings is 1. The lowest BCUT2D eigenvalue weighted by Gasteiger charge is -2.43. The summed E-state index contributed by atoms with van der Waals surface area (Å²) >= 11 is 0. The summed E-state index contributed by atoms with van der Waals surface area (Å²) in [7, 11) is 0. The van der Waals surface area contributed by atoms with Gasteiger partial charge >= 0.3 is 6.03 Å². The van der Waals surface area contributed by atoms with E-state index in [1.807, 2.05) is 34.1 Å². The molecule has 1 saturated carbocycles. The highest BCUT2D eigenvalue weighted by molar-refractivity contribution is 5.86. The van der Waals surface area contributed by atoms with E-state index in [0.717, 1.165) is 76.8 Å². The first kappa shape index (κ1) is 23.0. The summed E-state index contributed by atoms with van der Waals surface area (Å²) in [6, 6.07) is 10.1. The predicted octanol–water partition coefficient (Wildman–Crippen LogP) is 2.42. The number of piperazine rings is 1. The highest BCUT2D eigenvalue weighted by Gasteiger charge is 2.51. The van der Waals surface area contributed by atoms with Gasteiger partial charge in [0.25, 0.3) is 0 Å². The van der Waals surface area contributed by atoms with Crippen LogP contribution in [-0.4, -0.2) is 89.7 Å². The lowest BCUT2D eigenvalue weighted by molar-refractivity contribution is -0.141. The van der Waals surface area contributed by atoms with Gasteiger partial charge in [-0.25, -0.2) is 4.79 Å². The third-order valence-corrected chi connectivity index (χ3v) is 8.41. The molecular formula is C26H35N5O3. The van der Waals surface area contributed by atoms with Crippen LogP contribution in [0.25, 0.3) is 0 Å². The molecular weight excluding hydrogens is 430 g/mol. The lowest BCUT2D eigenvalue weighted by atomic mass is 9.78. The zero-order valence-corrected chi connectivity index (χ0v) is 19.9. The molecule has 3 amide bonds. The Kier molecular flexibility index (Phi) is 6.39. The zero-order valence-electron chi connectivity index (χ0n) is 19.9. The van der Waals surface area contributed by atoms with Crippen LogP contribution in [0.3, 0.4) is 0 Å². The van der Waals surface area contributed by atoms with Crippen LogP contribution < -0.4 is 4.90 Å². The number of nitrogens with zero attached hydrogens (tertiary/aromatic N) is 5. The fraction of sp³-hybridized carbons (Fsp3) is 0.654. The second-order valence-electron chi connectivity index (χ2n) is 10.4. The maximum Gasteiger partial charge on any atom is 0.320 e. The van der Waals surface area contributed by atoms with Crippen LogP contribution in [0.5, 0.6) is 0 Å². The van der Waals surface area contributed by atoms with Gasteiger partial charge in [-0.05, 0) is 69.2 Å². The molecule has 0 aromatic heterocycles. The van der Waals surface area contributed by atoms with E-state index < -0.39 is 5.41 Å². The number of likely N-dealkylation sites (tertiary alicyclic amines) is 2. The van der Waals surface area contributed by atoms with Crippen molar-refractivity contribution in [2.75, 3.05) is 50.7 Å². The van der Waals surface area contributed by atoms with Crippen molar-refractivity contribution < 1.29 is 14.7 Å². The van der Waals surface area contributed by atoms with Crippen molar-refractivity contribution in [2.45, 2.75) is 57.1 Å². The minimum atomic E-state index is -0.422. The number of hydrogen-bond acceptors (Lipinski definition) is 5. The largest absolute Gasteiger partial charge is 0.393 e. The summed E-state index contributed by atoms with van der Waals surface area (Å²) in [5, 5.41) is 18.8. The molecule has 1 atom stereocenters. The SMILES string of the molecule is N#Cc1ccc(N2CCN(C(=O)N3CCC[C@@]4(CCN([C@H]5CC[C@H](O)CC5)C4=O)C3)CC2)cc1. The predicted molar refractivity (Wildman–Crippen MR) is 128 cm³/mol. The van der Waals surface area contributed by atoms with Gasteiger partial charge in [-0.1, -0.05) is 0 Å². The Bertz CT molecular complexity index is 944. The van der Waals surface area contributed by atoms with Crippen LogP contribution in [0, 0.1) is 16.7 Å². The Labute approximate surface area is 201 Å². The van der Waals surface area contributed by atoms with Gasteiger partial charge in [0.05, 0.1) is 23.2 Å². The average molecular weight is 466 g/mol. The topological polar surface area (TPSA) is 91.1 Å². The van der Waals surface area contributed by atoms with Crippen molar-refractivity contribution in [3.63, 3.8) is 0 Å². The maximum atomic E-state index is 13.5. The van der Waals surface area contributed by atoms with Gasteiger partial charge in [0.15, 0.2) is 0 Å². The van der Waals surface area contributed by atoms with E-state index in [1.54, 1.807) is 0 Å². The molecule has 0 radical (unpaired) electrons. The third-order valence-electron chi connectivity index (χ3n) is 8.41. The number of anilines is 1. The first-order valence-corrected chi connectivity index (χ1v) is 12.8. The monoisotopic (exact) mass is 465 g/mol. The second kappa shape index (κ2) is 9.46. The van der Waals surface area contributed by atoms with Gasteiger partial charge in [0.1, 0.15) is 0 Å². The number of rotatable bonds is 2. The van der Waals surface area contributed by atoms with Crippen molar-refractivity contribution in [3.05, 3.63) is 29.8 Å². The summed E-state index contributed by atoms with van der Waals surface area (Å²) < 4.78 is 0. The molecule has 1 spiro atoms. The summed E-state index contributed by atoms with van der Waals surface area (Å²) in [6.07, 6.45) is 5.68. The highest BCUT2D eigenvalue weighted by Crippen LogP contribution is 2.42. The van der Waals surface area contributed by atoms with Crippen LogP contribution in [0.15, 0.2) is 24.3 Å². The molecule has 8 heteroatoms. The summed E-state index contributed by atoms with van der Waals surface area (Å²) in [5.74, 6) is 0.233. The van der Waals surface area contributed by atoms with Gasteiger partial charge in [0, 0.05) is 57.5 Å². The molecule has 0 unspecified atom stereocenters. The number of carbonyl (C=O) groups excluding carboxylic acids is 2. The quantitative estimate of drug-likeness (QED) is 0.724. The van der Waals surface area contributed by atoms with Crippen molar-refractivity contribution in [1.29, 1.82) is 5.26 Å². The number of benzene rings is 1. The van der Waals surface area contributed by atoms with E-state index >= 15 is 0 Å². The number of aliphatic hydroxyl groups is 1. The molecule has 3 heterocycles. The molecule has 3 saturated heterocycles. The Balaban J connectivity index is 1.18. The standard InChI is InChI=1S/C26H35N5O3/c27-18-20-2-4-21(5-3-20)28-14-16-29(17-15-28)25(34)30-12-1-10-26(19-30)11-13-31(24(26)33)22-6-8-23(32)9-7-22/h2-5,22-23,32H,1,6-17,19H2/t22-,23-,26-/m1/s1. The normalized spacial score (nSPS) is 30.1. The number of aliphatic hydroxyl groups excluding tert-OH is 1. The molecule has 0 bridgehead atoms. The zero-order chi connectivity index (χ0) is 23.7. The van der Waals surface area contributed by atoms with Crippen LogP contribution in [-0.2, 0) is 4.79 Å². The van der Waals surface area contributed by atoms with Crippen molar-refractivity contribution >= 4 is 17.6 Å². The minimum absolute atomic E-state index is 0.0607. The van der Waals surface area contributed by atoms with Crippen molar-refractivity contribution in [2.24, 2.45) is 5.41 Å². The van der Waals surface area contributed by atoms with Crippen molar-refractivity contribution in [3.8, 4) is 6.07 Å². The Morgan fingerprint density at radius 2 is 1.65 bits per heavy atom. The van der Waals surface area contributed by atoms with Crippen LogP contribution in [0.4, 0.5) is 10.5 Å². The molecule has 1 aromatic rings. The van der Waals surface area contributed by atoms with Crippen LogP contribution in [0.1, 0.15) is 50.5 Å². The highest BCUT2D eigenvalue weighted by atomic mass is 16.3. The molecule has 1 aliphatic carbocycles. The molecule has 4 aliphatic rings. The van der Waals surface area contributed by atoms with Gasteiger partial charge in [0.2, 0.25) is 5.91 Å². The summed E-state index contributed by atoms with van der Waals surface area (Å²) in [5.41, 5.74) is 1.31. The number of urea groups is 1. The van der Waals surface area contributed by atoms with Gasteiger partial charge < -0.3 is 24.7 Å². The Hall–Kier alpha value is -2.79. The van der Waals surface area contributed by atoms with Gasteiger partial charge in [-0.2, -0.15) is 5.26 Å². The number of carbonyl (C=O) groups is 2. The molecule has 182 valence electrons. The molecule has 3 aliphatic heterocycles. The van der Waals surface area contributed by atoms with E-state index in [0.29, 0.717) is 25.2 Å². The molecule has 4 fully saturated rings. The van der Waals surface area contributed by atoms with E-state index in [-0.39, 0.29) is 24.1 Å². The summed E-state index contributed by atoms with van der Waals surface area (Å²) in [4.78, 5) is 35.1. The molecule has 5 rings (SSSR count). The Morgan fingerprint density at radius 3 is 2.32 bits per heavy atom. The van der Waals surface area contributed by atoms with E-state index in [4.69, 9.17) is 5.26 Å². The lowest BCUT2D eigenvalue weighted by Crippen LogP contribution is -2.57. The van der Waals surface area contributed by atoms with E-state index in [2.05, 4.69) is 15.9 Å². The van der Waals surface area contributed by atoms with Crippen LogP contribution >= 0.6 is 0 Å². The first-order chi connectivity index (χ1) is 16.5. The number of amides is 3. The number of hydrogen-bond donors (Lipinski definition) is 1.